The summed E-state index contributed by atoms with van der Waals surface area (Å²) in [4.78, 5) is 7.71. The van der Waals surface area contributed by atoms with E-state index in [2.05, 4.69) is 40.3 Å². The molecule has 0 aliphatic rings. The Morgan fingerprint density at radius 3 is 2.53 bits per heavy atom. The van der Waals surface area contributed by atoms with E-state index in [1.54, 1.807) is 0 Å². The molecule has 0 amide bonds. The van der Waals surface area contributed by atoms with Gasteiger partial charge in [-0.15, -0.1) is 0 Å². The summed E-state index contributed by atoms with van der Waals surface area (Å²) in [5, 5.41) is 0. The standard InChI is InChI=1S/C16H23N3/c17-12-11-15-13-18-16(19-15)10-6-2-5-9-14-7-3-1-4-8-14/h1,3-4,7-8,13H,2,5-6,9-12,17H2,(H,18,19). The lowest BCUT2D eigenvalue weighted by Crippen LogP contribution is -2.02. The number of nitrogens with two attached hydrogens (primary N) is 1. The Labute approximate surface area is 115 Å². The van der Waals surface area contributed by atoms with Crippen LogP contribution in [0, 0.1) is 0 Å². The molecule has 0 saturated carbocycles. The van der Waals surface area contributed by atoms with Gasteiger partial charge in [0, 0.05) is 24.7 Å². The predicted molar refractivity (Wildman–Crippen MR) is 79.0 cm³/mol. The molecule has 1 aromatic heterocycles. The zero-order valence-corrected chi connectivity index (χ0v) is 11.4. The van der Waals surface area contributed by atoms with Gasteiger partial charge in [0.25, 0.3) is 0 Å². The number of unbranched alkanes of at least 4 members (excludes halogenated alkanes) is 2. The van der Waals surface area contributed by atoms with Gasteiger partial charge in [-0.3, -0.25) is 0 Å². The maximum absolute atomic E-state index is 5.52. The molecule has 102 valence electrons. The van der Waals surface area contributed by atoms with Crippen LogP contribution in [0.25, 0.3) is 0 Å². The molecule has 19 heavy (non-hydrogen) atoms. The third-order valence-corrected chi connectivity index (χ3v) is 3.32. The first-order chi connectivity index (χ1) is 9.38. The van der Waals surface area contributed by atoms with Crippen LogP contribution in [-0.2, 0) is 19.3 Å². The third kappa shape index (κ3) is 4.87. The molecule has 2 rings (SSSR count). The summed E-state index contributed by atoms with van der Waals surface area (Å²) in [6.45, 7) is 0.679. The van der Waals surface area contributed by atoms with Gasteiger partial charge >= 0.3 is 0 Å². The van der Waals surface area contributed by atoms with Crippen LogP contribution in [0.3, 0.4) is 0 Å². The Bertz CT molecular complexity index is 462. The highest BCUT2D eigenvalue weighted by molar-refractivity contribution is 5.14. The molecule has 0 unspecified atom stereocenters. The zero-order chi connectivity index (χ0) is 13.3. The Morgan fingerprint density at radius 2 is 1.74 bits per heavy atom. The third-order valence-electron chi connectivity index (χ3n) is 3.32. The fraction of sp³-hybridized carbons (Fsp3) is 0.438. The number of aryl methyl sites for hydroxylation is 2. The fourth-order valence-electron chi connectivity index (χ4n) is 2.26. The van der Waals surface area contributed by atoms with Gasteiger partial charge < -0.3 is 10.7 Å². The largest absolute Gasteiger partial charge is 0.346 e. The maximum atomic E-state index is 5.52. The molecule has 0 spiro atoms. The number of H-pyrrole nitrogens is 1. The van der Waals surface area contributed by atoms with Gasteiger partial charge in [0.05, 0.1) is 0 Å². The minimum Gasteiger partial charge on any atom is -0.346 e. The number of aromatic nitrogens is 2. The summed E-state index contributed by atoms with van der Waals surface area (Å²) in [7, 11) is 0. The summed E-state index contributed by atoms with van der Waals surface area (Å²) in [6.07, 6.45) is 8.72. The van der Waals surface area contributed by atoms with Crippen molar-refractivity contribution in [1.82, 2.24) is 9.97 Å². The van der Waals surface area contributed by atoms with Gasteiger partial charge in [-0.1, -0.05) is 36.8 Å². The summed E-state index contributed by atoms with van der Waals surface area (Å²) in [6, 6.07) is 10.7. The van der Waals surface area contributed by atoms with E-state index < -0.39 is 0 Å². The minimum absolute atomic E-state index is 0.679. The number of rotatable bonds is 8. The highest BCUT2D eigenvalue weighted by atomic mass is 14.9. The molecule has 3 N–H and O–H groups in total. The summed E-state index contributed by atoms with van der Waals surface area (Å²) in [5.74, 6) is 1.10. The Morgan fingerprint density at radius 1 is 0.947 bits per heavy atom. The number of nitrogens with one attached hydrogen (secondary N) is 1. The van der Waals surface area contributed by atoms with Crippen molar-refractivity contribution < 1.29 is 0 Å². The smallest absolute Gasteiger partial charge is 0.106 e. The lowest BCUT2D eigenvalue weighted by atomic mass is 10.1. The number of hydrogen-bond donors (Lipinski definition) is 2. The van der Waals surface area contributed by atoms with Gasteiger partial charge in [-0.2, -0.15) is 0 Å². The second kappa shape index (κ2) is 7.74. The highest BCUT2D eigenvalue weighted by Gasteiger charge is 2.00. The molecular weight excluding hydrogens is 234 g/mol. The van der Waals surface area contributed by atoms with E-state index in [0.29, 0.717) is 6.54 Å². The number of benzene rings is 1. The van der Waals surface area contributed by atoms with Crippen LogP contribution < -0.4 is 5.73 Å². The number of imidazole rings is 1. The Balaban J connectivity index is 1.61. The summed E-state index contributed by atoms with van der Waals surface area (Å²) >= 11 is 0. The average Bonchev–Trinajstić information content (AvgIpc) is 2.88. The molecule has 0 saturated heterocycles. The first-order valence-electron chi connectivity index (χ1n) is 7.15. The summed E-state index contributed by atoms with van der Waals surface area (Å²) in [5.41, 5.74) is 8.11. The van der Waals surface area contributed by atoms with Crippen LogP contribution in [0.2, 0.25) is 0 Å². The molecule has 0 bridgehead atoms. The molecular formula is C16H23N3. The fourth-order valence-corrected chi connectivity index (χ4v) is 2.26. The number of nitrogens with zero attached hydrogens (tertiary/aromatic N) is 1. The van der Waals surface area contributed by atoms with Crippen LogP contribution in [0.4, 0.5) is 0 Å². The molecule has 0 aliphatic carbocycles. The van der Waals surface area contributed by atoms with Crippen molar-refractivity contribution in [2.75, 3.05) is 6.54 Å². The highest BCUT2D eigenvalue weighted by Crippen LogP contribution is 2.08. The lowest BCUT2D eigenvalue weighted by molar-refractivity contribution is 0.664. The van der Waals surface area contributed by atoms with E-state index in [1.807, 2.05) is 6.20 Å². The molecule has 3 nitrogen and oxygen atoms in total. The predicted octanol–water partition coefficient (Wildman–Crippen LogP) is 2.87. The quantitative estimate of drug-likeness (QED) is 0.714. The molecule has 3 heteroatoms. The second-order valence-electron chi connectivity index (χ2n) is 4.94. The van der Waals surface area contributed by atoms with Gasteiger partial charge in [0.1, 0.15) is 5.82 Å². The first-order valence-corrected chi connectivity index (χ1v) is 7.15. The molecule has 2 aromatic rings. The topological polar surface area (TPSA) is 54.7 Å². The van der Waals surface area contributed by atoms with E-state index in [-0.39, 0.29) is 0 Å². The van der Waals surface area contributed by atoms with Crippen LogP contribution >= 0.6 is 0 Å². The Kier molecular flexibility index (Phi) is 5.63. The van der Waals surface area contributed by atoms with Gasteiger partial charge in [0.2, 0.25) is 0 Å². The van der Waals surface area contributed by atoms with Crippen molar-refractivity contribution in [3.63, 3.8) is 0 Å². The average molecular weight is 257 g/mol. The number of aromatic amines is 1. The molecule has 0 radical (unpaired) electrons. The van der Waals surface area contributed by atoms with Crippen molar-refractivity contribution in [2.24, 2.45) is 5.73 Å². The first kappa shape index (κ1) is 13.8. The van der Waals surface area contributed by atoms with Gasteiger partial charge in [0.15, 0.2) is 0 Å². The molecule has 0 fully saturated rings. The molecule has 0 aliphatic heterocycles. The second-order valence-corrected chi connectivity index (χ2v) is 4.94. The van der Waals surface area contributed by atoms with Crippen molar-refractivity contribution in [1.29, 1.82) is 0 Å². The number of hydrogen-bond acceptors (Lipinski definition) is 2. The van der Waals surface area contributed by atoms with E-state index in [1.165, 1.54) is 31.2 Å². The van der Waals surface area contributed by atoms with E-state index in [9.17, 15) is 0 Å². The van der Waals surface area contributed by atoms with Crippen molar-refractivity contribution in [3.05, 3.63) is 53.6 Å². The van der Waals surface area contributed by atoms with Crippen LogP contribution in [0.5, 0.6) is 0 Å². The monoisotopic (exact) mass is 257 g/mol. The van der Waals surface area contributed by atoms with Gasteiger partial charge in [-0.05, 0) is 31.4 Å². The SMILES string of the molecule is NCCc1cnc(CCCCCc2ccccc2)[nH]1. The van der Waals surface area contributed by atoms with Crippen molar-refractivity contribution in [3.8, 4) is 0 Å². The minimum atomic E-state index is 0.679. The van der Waals surface area contributed by atoms with Crippen molar-refractivity contribution in [2.45, 2.75) is 38.5 Å². The zero-order valence-electron chi connectivity index (χ0n) is 11.4. The van der Waals surface area contributed by atoms with Crippen LogP contribution in [0.15, 0.2) is 36.5 Å². The van der Waals surface area contributed by atoms with E-state index in [0.717, 1.165) is 24.4 Å². The lowest BCUT2D eigenvalue weighted by Gasteiger charge is -2.01. The maximum Gasteiger partial charge on any atom is 0.106 e. The normalized spacial score (nSPS) is 10.8. The molecule has 1 heterocycles. The van der Waals surface area contributed by atoms with Gasteiger partial charge in [-0.25, -0.2) is 4.98 Å². The van der Waals surface area contributed by atoms with Crippen LogP contribution in [-0.4, -0.2) is 16.5 Å². The summed E-state index contributed by atoms with van der Waals surface area (Å²) < 4.78 is 0. The van der Waals surface area contributed by atoms with E-state index in [4.69, 9.17) is 5.73 Å². The molecule has 1 aromatic carbocycles. The van der Waals surface area contributed by atoms with Crippen molar-refractivity contribution >= 4 is 0 Å². The van der Waals surface area contributed by atoms with E-state index >= 15 is 0 Å². The Hall–Kier alpha value is -1.61. The molecule has 0 atom stereocenters. The van der Waals surface area contributed by atoms with Crippen LogP contribution in [0.1, 0.15) is 36.3 Å².